The Labute approximate surface area is 369 Å². The zero-order valence-electron chi connectivity index (χ0n) is 34.6. The number of para-hydroxylation sites is 3. The van der Waals surface area contributed by atoms with Crippen LogP contribution in [0.15, 0.2) is 140 Å². The number of ether oxygens (including phenoxy) is 1. The fourth-order valence-corrected chi connectivity index (χ4v) is 7.67. The molecule has 6 aromatic carbocycles. The van der Waals surface area contributed by atoms with Gasteiger partial charge in [0.15, 0.2) is 18.7 Å². The number of aryl methyl sites for hydroxylation is 2. The van der Waals surface area contributed by atoms with E-state index in [1.54, 1.807) is 0 Å². The molecule has 0 amide bonds. The van der Waals surface area contributed by atoms with Crippen molar-refractivity contribution in [2.24, 2.45) is 0 Å². The van der Waals surface area contributed by atoms with Gasteiger partial charge in [0.2, 0.25) is 0 Å². The van der Waals surface area contributed by atoms with E-state index >= 15 is 0 Å². The summed E-state index contributed by atoms with van der Waals surface area (Å²) in [4.78, 5) is 20.2. The molecule has 1 aliphatic heterocycles. The molecule has 0 atom stereocenters. The molecule has 9 aromatic rings. The van der Waals surface area contributed by atoms with E-state index in [0.717, 1.165) is 72.5 Å². The molecule has 298 valence electrons. The van der Waals surface area contributed by atoms with Gasteiger partial charge in [0.1, 0.15) is 17.3 Å². The maximum atomic E-state index is 7.12. The zero-order valence-corrected chi connectivity index (χ0v) is 36.9. The summed E-state index contributed by atoms with van der Waals surface area (Å²) in [7, 11) is 2.01. The number of rotatable bonds is 7. The van der Waals surface area contributed by atoms with Gasteiger partial charge in [-0.15, -0.1) is 29.1 Å². The Morgan fingerprint density at radius 1 is 0.656 bits per heavy atom. The van der Waals surface area contributed by atoms with Gasteiger partial charge in [-0.2, -0.15) is 0 Å². The topological polar surface area (TPSA) is 71.7 Å². The van der Waals surface area contributed by atoms with Crippen LogP contribution in [0.25, 0.3) is 61.8 Å². The van der Waals surface area contributed by atoms with E-state index in [1.165, 1.54) is 0 Å². The van der Waals surface area contributed by atoms with Crippen LogP contribution in [0.2, 0.25) is 0 Å². The van der Waals surface area contributed by atoms with Gasteiger partial charge in [0.25, 0.3) is 11.4 Å². The standard InChI is InChI=1S/C52H41N7O.Pt/c1-33-18-22-35(23-19-33)49-54-50(36-24-20-34(2)21-25-36)56-51(55-49)42-30-41-40-13-7-8-14-43(40)59(48-17-11-12-26-53-48)46(41)31-47(42)60-39-28-37(52(3,4)5)27-38(29-39)58-32-57(6)44-15-9-10-16-45(44)58;/h7-28,30H,1-6H3;/q;+2. The molecule has 8 nitrogen and oxygen atoms in total. The molecule has 0 unspecified atom stereocenters. The van der Waals surface area contributed by atoms with Crippen LogP contribution in [0.4, 0.5) is 17.1 Å². The Hall–Kier alpha value is -6.85. The molecule has 0 bridgehead atoms. The molecule has 0 spiro atoms. The minimum absolute atomic E-state index is 0. The van der Waals surface area contributed by atoms with Gasteiger partial charge < -0.3 is 9.30 Å². The van der Waals surface area contributed by atoms with E-state index in [2.05, 4.69) is 154 Å². The number of aromatic nitrogens is 5. The largest absolute Gasteiger partial charge is 2.00 e. The van der Waals surface area contributed by atoms with Crippen LogP contribution < -0.4 is 9.31 Å². The molecule has 0 fully saturated rings. The first kappa shape index (κ1) is 39.6. The second kappa shape index (κ2) is 15.6. The monoisotopic (exact) mass is 974 g/mol. The normalized spacial score (nSPS) is 12.2. The average Bonchev–Trinajstić information content (AvgIpc) is 3.77. The summed E-state index contributed by atoms with van der Waals surface area (Å²) in [6.45, 7) is 10.7. The van der Waals surface area contributed by atoms with Gasteiger partial charge in [-0.25, -0.2) is 19.9 Å². The minimum atomic E-state index is -0.213. The molecule has 3 aromatic heterocycles. The van der Waals surface area contributed by atoms with E-state index in [9.17, 15) is 0 Å². The van der Waals surface area contributed by atoms with Crippen molar-refractivity contribution in [1.29, 1.82) is 0 Å². The number of fused-ring (bicyclic) bond motifs is 4. The number of benzene rings is 6. The van der Waals surface area contributed by atoms with Crippen molar-refractivity contribution in [2.45, 2.75) is 40.0 Å². The predicted molar refractivity (Wildman–Crippen MR) is 239 cm³/mol. The molecule has 4 heterocycles. The fraction of sp³-hybridized carbons (Fsp3) is 0.135. The molecular weight excluding hydrogens is 934 g/mol. The maximum Gasteiger partial charge on any atom is 2.00 e. The van der Waals surface area contributed by atoms with Gasteiger partial charge in [-0.1, -0.05) is 144 Å². The van der Waals surface area contributed by atoms with Crippen molar-refractivity contribution in [3.05, 3.63) is 168 Å². The van der Waals surface area contributed by atoms with Crippen molar-refractivity contribution in [2.75, 3.05) is 7.05 Å². The van der Waals surface area contributed by atoms with Gasteiger partial charge in [0, 0.05) is 46.5 Å². The maximum absolute atomic E-state index is 7.12. The number of nitrogens with zero attached hydrogens (tertiary/aromatic N) is 7. The molecule has 0 N–H and O–H groups in total. The summed E-state index contributed by atoms with van der Waals surface area (Å²) in [5.41, 5.74) is 10.3. The van der Waals surface area contributed by atoms with Crippen molar-refractivity contribution in [3.63, 3.8) is 0 Å². The molecule has 0 aliphatic carbocycles. The molecule has 1 aliphatic rings. The Balaban J connectivity index is 0.00000476. The molecule has 0 radical (unpaired) electrons. The first-order valence-corrected chi connectivity index (χ1v) is 20.0. The Kier molecular flexibility index (Phi) is 10.1. The van der Waals surface area contributed by atoms with Crippen LogP contribution in [0.5, 0.6) is 11.5 Å². The second-order valence-electron chi connectivity index (χ2n) is 16.3. The van der Waals surface area contributed by atoms with Gasteiger partial charge in [-0.3, -0.25) is 0 Å². The van der Waals surface area contributed by atoms with Crippen molar-refractivity contribution in [1.82, 2.24) is 29.1 Å². The molecule has 61 heavy (non-hydrogen) atoms. The molecule has 9 heteroatoms. The summed E-state index contributed by atoms with van der Waals surface area (Å²) in [5.74, 6) is 3.32. The zero-order chi connectivity index (χ0) is 41.1. The van der Waals surface area contributed by atoms with Crippen LogP contribution in [0.3, 0.4) is 0 Å². The molecule has 0 saturated carbocycles. The van der Waals surface area contributed by atoms with E-state index in [-0.39, 0.29) is 26.5 Å². The summed E-state index contributed by atoms with van der Waals surface area (Å²) in [6.07, 6.45) is 1.81. The number of hydrogen-bond donors (Lipinski definition) is 0. The third-order valence-electron chi connectivity index (χ3n) is 10.9. The molecule has 10 rings (SSSR count). The van der Waals surface area contributed by atoms with Crippen LogP contribution in [-0.4, -0.2) is 42.1 Å². The van der Waals surface area contributed by atoms with Gasteiger partial charge in [0.05, 0.1) is 0 Å². The minimum Gasteiger partial charge on any atom is -0.508 e. The smallest absolute Gasteiger partial charge is 0.508 e. The summed E-state index contributed by atoms with van der Waals surface area (Å²) in [5, 5.41) is 2.00. The third-order valence-corrected chi connectivity index (χ3v) is 10.9. The van der Waals surface area contributed by atoms with Crippen LogP contribution in [0.1, 0.15) is 37.5 Å². The SMILES string of the molecule is Cc1ccc(-c2nc(-c3ccc(C)cc3)nc(-c3cc4c5ccccc5n(-c5ccccn5)c4[c-]c3Oc3[c-]c([N+]4=C=[N+](C)c5ccccc54)cc(C(C)(C)C)c3)n2)cc1.[Pt+2]. The van der Waals surface area contributed by atoms with E-state index in [1.807, 2.05) is 58.8 Å². The van der Waals surface area contributed by atoms with Gasteiger partial charge in [-0.05, 0) is 48.4 Å². The first-order valence-electron chi connectivity index (χ1n) is 20.0. The summed E-state index contributed by atoms with van der Waals surface area (Å²) in [6, 6.07) is 56.2. The van der Waals surface area contributed by atoms with Crippen LogP contribution >= 0.6 is 0 Å². The van der Waals surface area contributed by atoms with E-state index in [4.69, 9.17) is 24.7 Å². The average molecular weight is 975 g/mol. The summed E-state index contributed by atoms with van der Waals surface area (Å²) >= 11 is 0. The Morgan fingerprint density at radius 3 is 1.93 bits per heavy atom. The van der Waals surface area contributed by atoms with Crippen LogP contribution in [-0.2, 0) is 26.5 Å². The van der Waals surface area contributed by atoms with E-state index in [0.29, 0.717) is 34.5 Å². The Morgan fingerprint density at radius 2 is 1.28 bits per heavy atom. The molecular formula is C52H41N7OPt+2. The van der Waals surface area contributed by atoms with Crippen molar-refractivity contribution >= 4 is 44.9 Å². The van der Waals surface area contributed by atoms with Gasteiger partial charge >= 0.3 is 27.1 Å². The van der Waals surface area contributed by atoms with Crippen molar-refractivity contribution < 1.29 is 30.4 Å². The number of hydrogen-bond acceptors (Lipinski definition) is 5. The third kappa shape index (κ3) is 7.39. The fourth-order valence-electron chi connectivity index (χ4n) is 7.67. The van der Waals surface area contributed by atoms with E-state index < -0.39 is 0 Å². The second-order valence-corrected chi connectivity index (χ2v) is 16.3. The van der Waals surface area contributed by atoms with Crippen molar-refractivity contribution in [3.8, 4) is 51.5 Å². The first-order chi connectivity index (χ1) is 29.1. The summed E-state index contributed by atoms with van der Waals surface area (Å²) < 4.78 is 13.3. The van der Waals surface area contributed by atoms with Crippen LogP contribution in [0, 0.1) is 26.0 Å². The number of pyridine rings is 1. The molecule has 0 saturated heterocycles. The quantitative estimate of drug-likeness (QED) is 0.118. The predicted octanol–water partition coefficient (Wildman–Crippen LogP) is 12.0. The Bertz CT molecular complexity index is 3150.